The van der Waals surface area contributed by atoms with E-state index in [1.165, 1.54) is 5.56 Å². The molecular formula is C14H19ClF2N2O. The summed E-state index contributed by atoms with van der Waals surface area (Å²) in [4.78, 5) is 11.7. The maximum Gasteiger partial charge on any atom is 0.262 e. The van der Waals surface area contributed by atoms with Gasteiger partial charge in [-0.25, -0.2) is 8.78 Å². The molecule has 112 valence electrons. The minimum Gasteiger partial charge on any atom is -0.354 e. The fraction of sp³-hybridized carbons (Fsp3) is 0.500. The maximum atomic E-state index is 12.9. The third-order valence-electron chi connectivity index (χ3n) is 3.22. The van der Waals surface area contributed by atoms with Crippen LogP contribution < -0.4 is 10.6 Å². The van der Waals surface area contributed by atoms with Gasteiger partial charge in [0.2, 0.25) is 5.91 Å². The number of carbonyl (C=O) groups is 1. The summed E-state index contributed by atoms with van der Waals surface area (Å²) in [6, 6.07) is 7.24. The maximum absolute atomic E-state index is 12.9. The third-order valence-corrected chi connectivity index (χ3v) is 3.22. The third kappa shape index (κ3) is 4.72. The normalized spacial score (nSPS) is 20.2. The zero-order chi connectivity index (χ0) is 13.9. The van der Waals surface area contributed by atoms with Crippen LogP contribution >= 0.6 is 12.4 Å². The largest absolute Gasteiger partial charge is 0.354 e. The average molecular weight is 305 g/mol. The lowest BCUT2D eigenvalue weighted by Gasteiger charge is -2.11. The van der Waals surface area contributed by atoms with Crippen molar-refractivity contribution < 1.29 is 13.6 Å². The molecule has 1 heterocycles. The van der Waals surface area contributed by atoms with E-state index in [2.05, 4.69) is 10.6 Å². The fourth-order valence-electron chi connectivity index (χ4n) is 2.22. The van der Waals surface area contributed by atoms with Crippen molar-refractivity contribution >= 4 is 18.3 Å². The molecule has 1 aliphatic heterocycles. The molecule has 0 bridgehead atoms. The van der Waals surface area contributed by atoms with Crippen molar-refractivity contribution in [1.82, 2.24) is 10.6 Å². The quantitative estimate of drug-likeness (QED) is 0.894. The standard InChI is InChI=1S/C14H18F2N2O.ClH/c1-10-3-2-4-11(7-10)5-6-17-13(19)12-8-14(15,16)9-18-12;/h2-4,7,12,18H,5-6,8-9H2,1H3,(H,17,19);1H. The number of hydrogen-bond acceptors (Lipinski definition) is 2. The first kappa shape index (κ1) is 16.9. The molecule has 1 unspecified atom stereocenters. The number of halogens is 3. The van der Waals surface area contributed by atoms with Gasteiger partial charge in [-0.1, -0.05) is 29.8 Å². The van der Waals surface area contributed by atoms with Crippen LogP contribution in [0, 0.1) is 6.92 Å². The van der Waals surface area contributed by atoms with E-state index in [1.807, 2.05) is 31.2 Å². The van der Waals surface area contributed by atoms with Crippen molar-refractivity contribution in [1.29, 1.82) is 0 Å². The summed E-state index contributed by atoms with van der Waals surface area (Å²) in [7, 11) is 0. The summed E-state index contributed by atoms with van der Waals surface area (Å²) in [5.41, 5.74) is 2.30. The van der Waals surface area contributed by atoms with Crippen molar-refractivity contribution in [3.63, 3.8) is 0 Å². The highest BCUT2D eigenvalue weighted by atomic mass is 35.5. The van der Waals surface area contributed by atoms with Gasteiger partial charge in [-0.15, -0.1) is 12.4 Å². The number of carbonyl (C=O) groups excluding carboxylic acids is 1. The van der Waals surface area contributed by atoms with Crippen LogP contribution in [-0.4, -0.2) is 31.0 Å². The Morgan fingerprint density at radius 1 is 1.50 bits per heavy atom. The van der Waals surface area contributed by atoms with Crippen LogP contribution in [0.25, 0.3) is 0 Å². The highest BCUT2D eigenvalue weighted by molar-refractivity contribution is 5.85. The molecule has 1 saturated heterocycles. The SMILES string of the molecule is Cc1cccc(CCNC(=O)C2CC(F)(F)CN2)c1.Cl. The van der Waals surface area contributed by atoms with Crippen LogP contribution in [0.3, 0.4) is 0 Å². The van der Waals surface area contributed by atoms with E-state index < -0.39 is 24.9 Å². The monoisotopic (exact) mass is 304 g/mol. The molecule has 2 N–H and O–H groups in total. The number of benzene rings is 1. The lowest BCUT2D eigenvalue weighted by atomic mass is 10.1. The Balaban J connectivity index is 0.00000200. The summed E-state index contributed by atoms with van der Waals surface area (Å²) in [5, 5.41) is 5.24. The van der Waals surface area contributed by atoms with Crippen LogP contribution in [0.1, 0.15) is 17.5 Å². The molecule has 1 aromatic carbocycles. The van der Waals surface area contributed by atoms with Gasteiger partial charge in [-0.3, -0.25) is 10.1 Å². The van der Waals surface area contributed by atoms with Gasteiger partial charge in [0.1, 0.15) is 0 Å². The molecule has 2 rings (SSSR count). The fourth-order valence-corrected chi connectivity index (χ4v) is 2.22. The number of amides is 1. The number of alkyl halides is 2. The molecule has 1 fully saturated rings. The average Bonchev–Trinajstić information content (AvgIpc) is 2.70. The molecule has 0 radical (unpaired) electrons. The molecule has 0 spiro atoms. The van der Waals surface area contributed by atoms with Crippen LogP contribution in [0.2, 0.25) is 0 Å². The summed E-state index contributed by atoms with van der Waals surface area (Å²) in [6.45, 7) is 2.06. The summed E-state index contributed by atoms with van der Waals surface area (Å²) in [5.74, 6) is -3.11. The zero-order valence-corrected chi connectivity index (χ0v) is 12.1. The molecule has 1 aromatic rings. The van der Waals surface area contributed by atoms with Gasteiger partial charge in [-0.05, 0) is 18.9 Å². The number of hydrogen-bond donors (Lipinski definition) is 2. The molecular weight excluding hydrogens is 286 g/mol. The first-order valence-electron chi connectivity index (χ1n) is 6.41. The van der Waals surface area contributed by atoms with Crippen molar-refractivity contribution in [2.24, 2.45) is 0 Å². The minimum atomic E-state index is -2.77. The summed E-state index contributed by atoms with van der Waals surface area (Å²) >= 11 is 0. The number of nitrogens with one attached hydrogen (secondary N) is 2. The second kappa shape index (κ2) is 6.99. The van der Waals surface area contributed by atoms with E-state index in [-0.39, 0.29) is 18.3 Å². The van der Waals surface area contributed by atoms with Crippen molar-refractivity contribution in [3.05, 3.63) is 35.4 Å². The van der Waals surface area contributed by atoms with Crippen LogP contribution in [0.4, 0.5) is 8.78 Å². The molecule has 6 heteroatoms. The highest BCUT2D eigenvalue weighted by Crippen LogP contribution is 2.24. The summed E-state index contributed by atoms with van der Waals surface area (Å²) in [6.07, 6.45) is 0.291. The van der Waals surface area contributed by atoms with Crippen molar-refractivity contribution in [2.75, 3.05) is 13.1 Å². The van der Waals surface area contributed by atoms with E-state index in [0.29, 0.717) is 13.0 Å². The Hall–Kier alpha value is -1.20. The zero-order valence-electron chi connectivity index (χ0n) is 11.3. The Morgan fingerprint density at radius 3 is 2.85 bits per heavy atom. The Morgan fingerprint density at radius 2 is 2.25 bits per heavy atom. The van der Waals surface area contributed by atoms with Crippen LogP contribution in [0.15, 0.2) is 24.3 Å². The molecule has 0 saturated carbocycles. The van der Waals surface area contributed by atoms with E-state index >= 15 is 0 Å². The van der Waals surface area contributed by atoms with Gasteiger partial charge in [0.15, 0.2) is 0 Å². The molecule has 1 atom stereocenters. The van der Waals surface area contributed by atoms with E-state index in [0.717, 1.165) is 5.56 Å². The topological polar surface area (TPSA) is 41.1 Å². The number of aryl methyl sites for hydroxylation is 1. The van der Waals surface area contributed by atoms with Crippen LogP contribution in [-0.2, 0) is 11.2 Å². The van der Waals surface area contributed by atoms with Crippen LogP contribution in [0.5, 0.6) is 0 Å². The minimum absolute atomic E-state index is 0. The van der Waals surface area contributed by atoms with Gasteiger partial charge < -0.3 is 5.32 Å². The Labute approximate surface area is 123 Å². The first-order valence-corrected chi connectivity index (χ1v) is 6.41. The molecule has 20 heavy (non-hydrogen) atoms. The van der Waals surface area contributed by atoms with Crippen molar-refractivity contribution in [2.45, 2.75) is 31.7 Å². The second-order valence-corrected chi connectivity index (χ2v) is 5.02. The lowest BCUT2D eigenvalue weighted by molar-refractivity contribution is -0.123. The first-order chi connectivity index (χ1) is 8.96. The smallest absolute Gasteiger partial charge is 0.262 e. The van der Waals surface area contributed by atoms with Gasteiger partial charge in [-0.2, -0.15) is 0 Å². The lowest BCUT2D eigenvalue weighted by Crippen LogP contribution is -2.41. The Bertz CT molecular complexity index is 468. The molecule has 1 amide bonds. The molecule has 3 nitrogen and oxygen atoms in total. The Kier molecular flexibility index (Phi) is 5.89. The summed E-state index contributed by atoms with van der Waals surface area (Å²) < 4.78 is 25.9. The van der Waals surface area contributed by atoms with Gasteiger partial charge >= 0.3 is 0 Å². The van der Waals surface area contributed by atoms with E-state index in [1.54, 1.807) is 0 Å². The molecule has 0 aromatic heterocycles. The molecule has 1 aliphatic rings. The predicted molar refractivity (Wildman–Crippen MR) is 76.5 cm³/mol. The predicted octanol–water partition coefficient (Wildman–Crippen LogP) is 2.07. The van der Waals surface area contributed by atoms with Crippen molar-refractivity contribution in [3.8, 4) is 0 Å². The van der Waals surface area contributed by atoms with Gasteiger partial charge in [0, 0.05) is 13.0 Å². The molecule has 0 aliphatic carbocycles. The van der Waals surface area contributed by atoms with Gasteiger partial charge in [0.05, 0.1) is 12.6 Å². The van der Waals surface area contributed by atoms with E-state index in [9.17, 15) is 13.6 Å². The highest BCUT2D eigenvalue weighted by Gasteiger charge is 2.42. The second-order valence-electron chi connectivity index (χ2n) is 5.02. The number of rotatable bonds is 4. The van der Waals surface area contributed by atoms with E-state index in [4.69, 9.17) is 0 Å². The van der Waals surface area contributed by atoms with Gasteiger partial charge in [0.25, 0.3) is 5.92 Å².